The van der Waals surface area contributed by atoms with E-state index in [1.54, 1.807) is 20.8 Å². The first-order valence-electron chi connectivity index (χ1n) is 26.2. The molecule has 0 atom stereocenters. The monoisotopic (exact) mass is 1190 g/mol. The summed E-state index contributed by atoms with van der Waals surface area (Å²) in [5.74, 6) is 16.3. The lowest BCUT2D eigenvalue weighted by Gasteiger charge is -2.33. The number of carbonyl (C=O) groups is 8. The van der Waals surface area contributed by atoms with Crippen molar-refractivity contribution in [3.05, 3.63) is 0 Å². The first-order valence-corrected chi connectivity index (χ1v) is 26.2. The fourth-order valence-corrected chi connectivity index (χ4v) is 6.23. The van der Waals surface area contributed by atoms with Crippen LogP contribution in [-0.2, 0) is 105 Å². The largest absolute Gasteiger partial charge is 0.442 e. The molecule has 0 aromatic carbocycles. The number of nitrogens with one attached hydrogen (secondary N) is 3. The first kappa shape index (κ1) is 79.4. The highest BCUT2D eigenvalue weighted by molar-refractivity contribution is 6.01. The lowest BCUT2D eigenvalue weighted by Crippen LogP contribution is -2.43. The maximum absolute atomic E-state index is 11.6. The van der Waals surface area contributed by atoms with E-state index >= 15 is 0 Å². The summed E-state index contributed by atoms with van der Waals surface area (Å²) in [6, 6.07) is 0. The first-order chi connectivity index (χ1) is 39.2. The molecule has 19 N–H and O–H groups in total. The van der Waals surface area contributed by atoms with Crippen LogP contribution in [0.15, 0.2) is 0 Å². The summed E-state index contributed by atoms with van der Waals surface area (Å²) in [6.45, 7) is 10.6. The molecule has 82 heavy (non-hydrogen) atoms. The van der Waals surface area contributed by atoms with E-state index in [0.29, 0.717) is 96.9 Å². The maximum Gasteiger partial charge on any atom is 0.431 e. The van der Waals surface area contributed by atoms with Gasteiger partial charge in [0.15, 0.2) is 18.2 Å². The third kappa shape index (κ3) is 45.8. The Hall–Kier alpha value is -4.68. The molecule has 0 bridgehead atoms. The topological polar surface area (TPSA) is 522 Å². The molecule has 1 heterocycles. The molecule has 1 saturated heterocycles. The van der Waals surface area contributed by atoms with Gasteiger partial charge in [0.05, 0.1) is 103 Å². The average molecular weight is 1200 g/mol. The van der Waals surface area contributed by atoms with E-state index < -0.39 is 58.7 Å². The van der Waals surface area contributed by atoms with Crippen molar-refractivity contribution in [2.24, 2.45) is 57.4 Å². The van der Waals surface area contributed by atoms with Gasteiger partial charge in [0.2, 0.25) is 11.8 Å². The van der Waals surface area contributed by atoms with Crippen LogP contribution < -0.4 is 62.6 Å². The molecule has 35 nitrogen and oxygen atoms in total. The Morgan fingerprint density at radius 2 is 0.805 bits per heavy atom. The number of amides is 5. The zero-order valence-electron chi connectivity index (χ0n) is 47.8. The van der Waals surface area contributed by atoms with Crippen LogP contribution in [0.5, 0.6) is 0 Å². The van der Waals surface area contributed by atoms with Gasteiger partial charge in [-0.15, -0.1) is 5.06 Å². The number of ether oxygens (including phenoxy) is 9. The van der Waals surface area contributed by atoms with Crippen molar-refractivity contribution in [3.8, 4) is 0 Å². The minimum absolute atomic E-state index is 0.00310. The minimum Gasteiger partial charge on any atom is -0.442 e. The van der Waals surface area contributed by atoms with Crippen LogP contribution in [-0.4, -0.2) is 236 Å². The number of ketones is 2. The summed E-state index contributed by atoms with van der Waals surface area (Å²) in [4.78, 5) is 117. The quantitative estimate of drug-likeness (QED) is 0.0154. The molecular weight excluding hydrogens is 1100 g/mol. The van der Waals surface area contributed by atoms with Gasteiger partial charge in [-0.05, 0) is 33.6 Å². The molecule has 1 rings (SSSR count). The average Bonchev–Trinajstić information content (AvgIpc) is 3.80. The van der Waals surface area contributed by atoms with Gasteiger partial charge < -0.3 is 81.0 Å². The molecule has 0 aromatic rings. The highest BCUT2D eigenvalue weighted by Gasteiger charge is 2.35. The van der Waals surface area contributed by atoms with E-state index in [0.717, 1.165) is 0 Å². The van der Waals surface area contributed by atoms with E-state index in [1.807, 2.05) is 5.48 Å². The maximum atomic E-state index is 11.6. The lowest BCUT2D eigenvalue weighted by molar-refractivity contribution is -0.201. The molecule has 35 heteroatoms. The highest BCUT2D eigenvalue weighted by atomic mass is 16.8. The van der Waals surface area contributed by atoms with Gasteiger partial charge in [-0.1, -0.05) is 0 Å². The third-order valence-corrected chi connectivity index (χ3v) is 9.80. The van der Waals surface area contributed by atoms with Gasteiger partial charge in [-0.2, -0.15) is 5.48 Å². The molecule has 5 amide bonds. The Balaban J connectivity index is 0. The van der Waals surface area contributed by atoms with Crippen LogP contribution in [0.3, 0.4) is 0 Å². The molecule has 0 aliphatic carbocycles. The number of carbonyl (C=O) groups excluding carboxylic acids is 8. The normalized spacial score (nSPS) is 12.5. The summed E-state index contributed by atoms with van der Waals surface area (Å²) in [5.41, 5.74) is 21.8. The second kappa shape index (κ2) is 51.9. The zero-order chi connectivity index (χ0) is 61.8. The van der Waals surface area contributed by atoms with E-state index in [-0.39, 0.29) is 130 Å². The Morgan fingerprint density at radius 1 is 0.476 bits per heavy atom. The molecule has 0 radical (unpaired) electrons. The van der Waals surface area contributed by atoms with Crippen molar-refractivity contribution in [1.29, 1.82) is 0 Å². The van der Waals surface area contributed by atoms with Gasteiger partial charge in [-0.25, -0.2) is 33.2 Å². The molecular formula is C47H94N12O23. The smallest absolute Gasteiger partial charge is 0.431 e. The molecule has 1 fully saturated rings. The second-order valence-corrected chi connectivity index (χ2v) is 18.7. The predicted octanol–water partition coefficient (Wildman–Crippen LogP) is -5.54. The van der Waals surface area contributed by atoms with Crippen molar-refractivity contribution in [2.45, 2.75) is 64.9 Å². The van der Waals surface area contributed by atoms with Crippen LogP contribution >= 0.6 is 0 Å². The zero-order valence-corrected chi connectivity index (χ0v) is 47.8. The SMILES string of the molecule is CC(C)(C)OC(=O)NOCC(=O)ON1C(=O)CCC1=O.NCCOCC(COCCN)(COCCN)COCCN.NOCC(=O)CCCOCC(COCCCC(=O)CON)(COCCNC(=O)CON)COCCNC(=O)CON. The molecule has 1 aliphatic heterocycles. The van der Waals surface area contributed by atoms with Gasteiger partial charge in [0.25, 0.3) is 11.8 Å². The molecule has 1 aliphatic rings. The Morgan fingerprint density at radius 3 is 1.12 bits per heavy atom. The predicted molar refractivity (Wildman–Crippen MR) is 285 cm³/mol. The van der Waals surface area contributed by atoms with Gasteiger partial charge in [0, 0.05) is 78.2 Å². The van der Waals surface area contributed by atoms with E-state index in [2.05, 4.69) is 39.7 Å². The van der Waals surface area contributed by atoms with Gasteiger partial charge >= 0.3 is 12.1 Å². The Labute approximate surface area is 477 Å². The van der Waals surface area contributed by atoms with Gasteiger partial charge in [-0.3, -0.25) is 53.0 Å². The fourth-order valence-electron chi connectivity index (χ4n) is 6.23. The number of nitrogens with zero attached hydrogens (tertiary/aromatic N) is 1. The number of rotatable bonds is 50. The van der Waals surface area contributed by atoms with E-state index in [9.17, 15) is 38.4 Å². The molecule has 0 aromatic heterocycles. The van der Waals surface area contributed by atoms with Crippen LogP contribution in [0.25, 0.3) is 0 Å². The van der Waals surface area contributed by atoms with E-state index in [4.69, 9.17) is 89.2 Å². The number of Topliss-reactive ketones (excluding diaryl/α,β-unsaturated/α-hetero) is 2. The third-order valence-electron chi connectivity index (χ3n) is 9.80. The molecule has 0 saturated carbocycles. The number of hydrogen-bond acceptors (Lipinski definition) is 31. The van der Waals surface area contributed by atoms with Crippen LogP contribution in [0, 0.1) is 10.8 Å². The fraction of sp³-hybridized carbons (Fsp3) is 0.830. The van der Waals surface area contributed by atoms with Crippen LogP contribution in [0.2, 0.25) is 0 Å². The summed E-state index contributed by atoms with van der Waals surface area (Å²) >= 11 is 0. The molecule has 480 valence electrons. The van der Waals surface area contributed by atoms with Crippen LogP contribution in [0.4, 0.5) is 4.79 Å². The van der Waals surface area contributed by atoms with Crippen molar-refractivity contribution < 1.29 is 110 Å². The van der Waals surface area contributed by atoms with Crippen molar-refractivity contribution in [2.75, 3.05) is 178 Å². The standard InChI is InChI=1S/C23H46N6O12.C13H32N4O4.C11H16N2O7/c24-38-11-19(30)3-1-7-34-15-23(16-35-8-2-4-20(31)12-39-25,17-36-9-5-28-21(32)13-40-26)18-37-10-6-29-22(33)14-41-27;14-1-5-18-9-13(10-19-6-2-15,11-20-7-3-16)12-21-8-4-17;1-11(2,3)19-10(17)12-18-6-9(16)20-13-7(14)4-5-8(13)15/h1-18,24-27H2,(H,28,32)(H,29,33);1-12,14-17H2;4-6H2,1-3H3,(H,12,17). The Bertz CT molecular complexity index is 1550. The lowest BCUT2D eigenvalue weighted by atomic mass is 9.92. The molecule has 0 spiro atoms. The molecule has 0 unspecified atom stereocenters. The summed E-state index contributed by atoms with van der Waals surface area (Å²) < 4.78 is 50.5. The number of nitrogens with two attached hydrogens (primary N) is 8. The van der Waals surface area contributed by atoms with E-state index in [1.165, 1.54) is 0 Å². The summed E-state index contributed by atoms with van der Waals surface area (Å²) in [6.07, 6.45) is 0.470. The van der Waals surface area contributed by atoms with Crippen molar-refractivity contribution in [1.82, 2.24) is 21.2 Å². The minimum atomic E-state index is -0.996. The van der Waals surface area contributed by atoms with Crippen molar-refractivity contribution >= 4 is 47.3 Å². The van der Waals surface area contributed by atoms with Crippen molar-refractivity contribution in [3.63, 3.8) is 0 Å². The summed E-state index contributed by atoms with van der Waals surface area (Å²) in [5, 5.41) is 5.56. The highest BCUT2D eigenvalue weighted by Crippen LogP contribution is 2.22. The van der Waals surface area contributed by atoms with Crippen LogP contribution in [0.1, 0.15) is 59.3 Å². The number of hydroxylamine groups is 3. The summed E-state index contributed by atoms with van der Waals surface area (Å²) in [7, 11) is 0. The van der Waals surface area contributed by atoms with Gasteiger partial charge in [0.1, 0.15) is 32.0 Å². The number of imide groups is 1. The second-order valence-electron chi connectivity index (χ2n) is 18.7. The Kier molecular flexibility index (Phi) is 50.3. The number of hydrogen-bond donors (Lipinski definition) is 11.